The van der Waals surface area contributed by atoms with Crippen LogP contribution < -0.4 is 16.0 Å². The summed E-state index contributed by atoms with van der Waals surface area (Å²) in [5.41, 5.74) is 4.13. The summed E-state index contributed by atoms with van der Waals surface area (Å²) >= 11 is 0. The second kappa shape index (κ2) is 6.76. The summed E-state index contributed by atoms with van der Waals surface area (Å²) in [6, 6.07) is 8.55. The maximum atomic E-state index is 5.75. The smallest absolute Gasteiger partial charge is 0.119 e. The fraction of sp³-hybridized carbons (Fsp3) is 0.600. The minimum atomic E-state index is 0.385. The third-order valence-electron chi connectivity index (χ3n) is 3.58. The molecular formula is C15H24N2O. The van der Waals surface area contributed by atoms with Gasteiger partial charge in [-0.05, 0) is 49.8 Å². The van der Waals surface area contributed by atoms with Gasteiger partial charge in [-0.25, -0.2) is 0 Å². The number of aryl methyl sites for hydroxylation is 1. The van der Waals surface area contributed by atoms with Gasteiger partial charge in [0.05, 0.1) is 6.61 Å². The van der Waals surface area contributed by atoms with Crippen molar-refractivity contribution >= 4 is 0 Å². The second-order valence-electron chi connectivity index (χ2n) is 5.34. The van der Waals surface area contributed by atoms with Crippen LogP contribution in [0.5, 0.6) is 5.75 Å². The predicted octanol–water partition coefficient (Wildman–Crippen LogP) is 2.79. The molecule has 100 valence electrons. The van der Waals surface area contributed by atoms with E-state index in [4.69, 9.17) is 10.6 Å². The summed E-state index contributed by atoms with van der Waals surface area (Å²) in [6.45, 7) is 2.80. The molecule has 0 aromatic heterocycles. The summed E-state index contributed by atoms with van der Waals surface area (Å²) in [4.78, 5) is 0. The van der Waals surface area contributed by atoms with Crippen LogP contribution in [0.15, 0.2) is 24.3 Å². The topological polar surface area (TPSA) is 47.3 Å². The van der Waals surface area contributed by atoms with Crippen molar-refractivity contribution in [1.82, 2.24) is 5.43 Å². The molecule has 0 bridgehead atoms. The minimum absolute atomic E-state index is 0.385. The molecule has 1 aromatic rings. The van der Waals surface area contributed by atoms with Gasteiger partial charge in [0, 0.05) is 6.04 Å². The molecule has 3 nitrogen and oxygen atoms in total. The number of nitrogens with two attached hydrogens (primary N) is 1. The van der Waals surface area contributed by atoms with Crippen molar-refractivity contribution in [1.29, 1.82) is 0 Å². The summed E-state index contributed by atoms with van der Waals surface area (Å²) in [6.07, 6.45) is 6.27. The largest absolute Gasteiger partial charge is 0.494 e. The molecule has 1 fully saturated rings. The van der Waals surface area contributed by atoms with E-state index in [0.717, 1.165) is 24.7 Å². The second-order valence-corrected chi connectivity index (χ2v) is 5.34. The van der Waals surface area contributed by atoms with Crippen LogP contribution in [0.25, 0.3) is 0 Å². The Balaban J connectivity index is 1.65. The molecule has 2 rings (SSSR count). The van der Waals surface area contributed by atoms with Crippen LogP contribution in [-0.2, 0) is 0 Å². The standard InChI is InChI=1S/C15H24N2O/c1-12-3-2-4-15(11-12)18-10-9-14(17-16)8-7-13-5-6-13/h2-4,11,13-14,17H,5-10,16H2,1H3. The molecule has 3 N–H and O–H groups in total. The molecule has 1 aliphatic rings. The quantitative estimate of drug-likeness (QED) is 0.549. The van der Waals surface area contributed by atoms with E-state index in [1.54, 1.807) is 0 Å². The van der Waals surface area contributed by atoms with E-state index in [9.17, 15) is 0 Å². The molecule has 1 saturated carbocycles. The van der Waals surface area contributed by atoms with Gasteiger partial charge in [0.15, 0.2) is 0 Å². The highest BCUT2D eigenvalue weighted by Gasteiger charge is 2.22. The molecule has 0 amide bonds. The third-order valence-corrected chi connectivity index (χ3v) is 3.58. The molecule has 1 aliphatic carbocycles. The summed E-state index contributed by atoms with van der Waals surface area (Å²) in [5.74, 6) is 7.50. The van der Waals surface area contributed by atoms with Crippen LogP contribution in [0, 0.1) is 12.8 Å². The van der Waals surface area contributed by atoms with Crippen molar-refractivity contribution in [2.75, 3.05) is 6.61 Å². The van der Waals surface area contributed by atoms with Crippen LogP contribution in [0.4, 0.5) is 0 Å². The SMILES string of the molecule is Cc1cccc(OCCC(CCC2CC2)NN)c1. The van der Waals surface area contributed by atoms with Crippen molar-refractivity contribution in [3.63, 3.8) is 0 Å². The highest BCUT2D eigenvalue weighted by atomic mass is 16.5. The molecular weight excluding hydrogens is 224 g/mol. The van der Waals surface area contributed by atoms with E-state index in [0.29, 0.717) is 6.04 Å². The Morgan fingerprint density at radius 2 is 2.22 bits per heavy atom. The van der Waals surface area contributed by atoms with Gasteiger partial charge in [-0.1, -0.05) is 25.0 Å². The summed E-state index contributed by atoms with van der Waals surface area (Å²) < 4.78 is 5.75. The van der Waals surface area contributed by atoms with E-state index in [-0.39, 0.29) is 0 Å². The maximum absolute atomic E-state index is 5.75. The number of benzene rings is 1. The average molecular weight is 248 g/mol. The molecule has 0 spiro atoms. The highest BCUT2D eigenvalue weighted by Crippen LogP contribution is 2.34. The molecule has 0 aliphatic heterocycles. The predicted molar refractivity (Wildman–Crippen MR) is 74.4 cm³/mol. The van der Waals surface area contributed by atoms with Gasteiger partial charge in [0.1, 0.15) is 5.75 Å². The number of rotatable bonds is 8. The number of hydrogen-bond acceptors (Lipinski definition) is 3. The first-order chi connectivity index (χ1) is 8.78. The Morgan fingerprint density at radius 3 is 2.89 bits per heavy atom. The van der Waals surface area contributed by atoms with Crippen LogP contribution >= 0.6 is 0 Å². The minimum Gasteiger partial charge on any atom is -0.494 e. The lowest BCUT2D eigenvalue weighted by Gasteiger charge is -2.16. The molecule has 1 unspecified atom stereocenters. The van der Waals surface area contributed by atoms with Gasteiger partial charge < -0.3 is 4.74 Å². The van der Waals surface area contributed by atoms with E-state index in [1.807, 2.05) is 12.1 Å². The Kier molecular flexibility index (Phi) is 5.02. The summed E-state index contributed by atoms with van der Waals surface area (Å²) in [7, 11) is 0. The fourth-order valence-electron chi connectivity index (χ4n) is 2.18. The van der Waals surface area contributed by atoms with Crippen LogP contribution in [0.1, 0.15) is 37.7 Å². The van der Waals surface area contributed by atoms with E-state index in [2.05, 4.69) is 24.5 Å². The first-order valence-electron chi connectivity index (χ1n) is 6.93. The molecule has 3 heteroatoms. The molecule has 0 radical (unpaired) electrons. The van der Waals surface area contributed by atoms with Crippen molar-refractivity contribution in [2.45, 2.75) is 45.1 Å². The van der Waals surface area contributed by atoms with E-state index in [1.165, 1.54) is 31.2 Å². The van der Waals surface area contributed by atoms with Gasteiger partial charge in [-0.2, -0.15) is 0 Å². The molecule has 18 heavy (non-hydrogen) atoms. The Labute approximate surface area is 110 Å². The van der Waals surface area contributed by atoms with Crippen LogP contribution in [-0.4, -0.2) is 12.6 Å². The van der Waals surface area contributed by atoms with Crippen molar-refractivity contribution in [3.05, 3.63) is 29.8 Å². The van der Waals surface area contributed by atoms with Crippen LogP contribution in [0.3, 0.4) is 0 Å². The Hall–Kier alpha value is -1.06. The first-order valence-corrected chi connectivity index (χ1v) is 6.93. The zero-order valence-electron chi connectivity index (χ0n) is 11.2. The van der Waals surface area contributed by atoms with Crippen molar-refractivity contribution in [2.24, 2.45) is 11.8 Å². The molecule has 1 aromatic carbocycles. The van der Waals surface area contributed by atoms with Crippen molar-refractivity contribution < 1.29 is 4.74 Å². The van der Waals surface area contributed by atoms with Gasteiger partial charge in [-0.3, -0.25) is 11.3 Å². The molecule has 0 heterocycles. The molecule has 1 atom stereocenters. The first kappa shape index (κ1) is 13.4. The zero-order valence-corrected chi connectivity index (χ0v) is 11.2. The Morgan fingerprint density at radius 1 is 1.39 bits per heavy atom. The fourth-order valence-corrected chi connectivity index (χ4v) is 2.18. The normalized spacial score (nSPS) is 16.6. The number of nitrogens with one attached hydrogen (secondary N) is 1. The Bertz CT molecular complexity index is 363. The average Bonchev–Trinajstić information content (AvgIpc) is 3.17. The van der Waals surface area contributed by atoms with Gasteiger partial charge in [0.2, 0.25) is 0 Å². The van der Waals surface area contributed by atoms with E-state index < -0.39 is 0 Å². The molecule has 0 saturated heterocycles. The zero-order chi connectivity index (χ0) is 12.8. The maximum Gasteiger partial charge on any atom is 0.119 e. The van der Waals surface area contributed by atoms with Gasteiger partial charge in [0.25, 0.3) is 0 Å². The monoisotopic (exact) mass is 248 g/mol. The third kappa shape index (κ3) is 4.67. The number of hydrogen-bond donors (Lipinski definition) is 2. The van der Waals surface area contributed by atoms with Crippen molar-refractivity contribution in [3.8, 4) is 5.75 Å². The highest BCUT2D eigenvalue weighted by molar-refractivity contribution is 5.27. The van der Waals surface area contributed by atoms with E-state index >= 15 is 0 Å². The lowest BCUT2D eigenvalue weighted by molar-refractivity contribution is 0.278. The number of ether oxygens (including phenoxy) is 1. The van der Waals surface area contributed by atoms with Gasteiger partial charge in [-0.15, -0.1) is 0 Å². The van der Waals surface area contributed by atoms with Crippen LogP contribution in [0.2, 0.25) is 0 Å². The summed E-state index contributed by atoms with van der Waals surface area (Å²) in [5, 5.41) is 0. The number of hydrazine groups is 1. The lowest BCUT2D eigenvalue weighted by Crippen LogP contribution is -2.36. The lowest BCUT2D eigenvalue weighted by atomic mass is 10.1. The van der Waals surface area contributed by atoms with Gasteiger partial charge >= 0.3 is 0 Å².